The van der Waals surface area contributed by atoms with Crippen molar-refractivity contribution in [2.24, 2.45) is 0 Å². The number of rotatable bonds is 6. The fraction of sp³-hybridized carbons (Fsp3) is 0.471. The fourth-order valence-electron chi connectivity index (χ4n) is 2.57. The van der Waals surface area contributed by atoms with E-state index in [-0.39, 0.29) is 30.4 Å². The highest BCUT2D eigenvalue weighted by Gasteiger charge is 2.19. The summed E-state index contributed by atoms with van der Waals surface area (Å²) in [4.78, 5) is 36.5. The second-order valence-electron chi connectivity index (χ2n) is 5.78. The highest BCUT2D eigenvalue weighted by atomic mass is 16.5. The quantitative estimate of drug-likeness (QED) is 0.821. The number of nitrogens with one attached hydrogen (secondary N) is 2. The molecule has 1 aromatic carbocycles. The molecule has 3 amide bonds. The number of amides is 3. The van der Waals surface area contributed by atoms with E-state index in [9.17, 15) is 14.4 Å². The van der Waals surface area contributed by atoms with Crippen molar-refractivity contribution >= 4 is 29.1 Å². The van der Waals surface area contributed by atoms with Gasteiger partial charge in [0.05, 0.1) is 6.10 Å². The monoisotopic (exact) mass is 333 g/mol. The Labute approximate surface area is 141 Å². The lowest BCUT2D eigenvalue weighted by Crippen LogP contribution is -2.42. The van der Waals surface area contributed by atoms with Crippen LogP contribution in [0.1, 0.15) is 26.7 Å². The lowest BCUT2D eigenvalue weighted by Gasteiger charge is -2.22. The number of benzene rings is 1. The van der Waals surface area contributed by atoms with E-state index in [0.717, 1.165) is 19.4 Å². The van der Waals surface area contributed by atoms with E-state index in [1.165, 1.54) is 18.7 Å². The van der Waals surface area contributed by atoms with E-state index >= 15 is 0 Å². The second-order valence-corrected chi connectivity index (χ2v) is 5.78. The molecule has 1 aromatic rings. The van der Waals surface area contributed by atoms with Gasteiger partial charge in [0, 0.05) is 38.4 Å². The number of nitrogens with zero attached hydrogens (tertiary/aromatic N) is 1. The van der Waals surface area contributed by atoms with Crippen molar-refractivity contribution in [1.82, 2.24) is 5.32 Å². The summed E-state index contributed by atoms with van der Waals surface area (Å²) in [6.07, 6.45) is 2.01. The zero-order valence-electron chi connectivity index (χ0n) is 14.0. The molecule has 1 saturated heterocycles. The summed E-state index contributed by atoms with van der Waals surface area (Å²) in [5.74, 6) is -0.691. The van der Waals surface area contributed by atoms with Crippen LogP contribution >= 0.6 is 0 Å². The molecule has 0 spiro atoms. The van der Waals surface area contributed by atoms with Crippen LogP contribution < -0.4 is 15.5 Å². The molecule has 2 N–H and O–H groups in total. The zero-order chi connectivity index (χ0) is 17.5. The van der Waals surface area contributed by atoms with Crippen LogP contribution in [0.25, 0.3) is 0 Å². The first-order valence-electron chi connectivity index (χ1n) is 8.00. The largest absolute Gasteiger partial charge is 0.376 e. The van der Waals surface area contributed by atoms with E-state index in [1.807, 2.05) is 0 Å². The maximum absolute atomic E-state index is 12.1. The molecule has 1 heterocycles. The van der Waals surface area contributed by atoms with Gasteiger partial charge in [0.1, 0.15) is 6.54 Å². The molecule has 1 fully saturated rings. The van der Waals surface area contributed by atoms with Crippen LogP contribution in [0.3, 0.4) is 0 Å². The predicted octanol–water partition coefficient (Wildman–Crippen LogP) is 1.29. The summed E-state index contributed by atoms with van der Waals surface area (Å²) >= 11 is 0. The van der Waals surface area contributed by atoms with Crippen molar-refractivity contribution in [1.29, 1.82) is 0 Å². The minimum atomic E-state index is -0.248. The Morgan fingerprint density at radius 1 is 1.29 bits per heavy atom. The van der Waals surface area contributed by atoms with Gasteiger partial charge in [-0.2, -0.15) is 0 Å². The summed E-state index contributed by atoms with van der Waals surface area (Å²) in [5.41, 5.74) is 1.13. The Balaban J connectivity index is 1.99. The van der Waals surface area contributed by atoms with Crippen molar-refractivity contribution in [3.8, 4) is 0 Å². The summed E-state index contributed by atoms with van der Waals surface area (Å²) in [6, 6.07) is 6.83. The Bertz CT molecular complexity index is 612. The van der Waals surface area contributed by atoms with Crippen LogP contribution in [0.4, 0.5) is 11.4 Å². The number of anilines is 2. The van der Waals surface area contributed by atoms with Crippen LogP contribution in [0.2, 0.25) is 0 Å². The molecular weight excluding hydrogens is 310 g/mol. The fourth-order valence-corrected chi connectivity index (χ4v) is 2.57. The highest BCUT2D eigenvalue weighted by molar-refractivity contribution is 5.98. The summed E-state index contributed by atoms with van der Waals surface area (Å²) in [5, 5.41) is 5.46. The molecule has 0 aromatic heterocycles. The Hall–Kier alpha value is -2.41. The SMILES string of the molecule is CC(=O)Nc1cccc(N(CC(=O)NCC2CCCO2)C(C)=O)c1. The predicted molar refractivity (Wildman–Crippen MR) is 90.8 cm³/mol. The van der Waals surface area contributed by atoms with Crippen molar-refractivity contribution in [3.05, 3.63) is 24.3 Å². The molecule has 1 unspecified atom stereocenters. The molecule has 7 heteroatoms. The topological polar surface area (TPSA) is 87.7 Å². The summed E-state index contributed by atoms with van der Waals surface area (Å²) in [7, 11) is 0. The number of hydrogen-bond donors (Lipinski definition) is 2. The average molecular weight is 333 g/mol. The van der Waals surface area contributed by atoms with Gasteiger partial charge < -0.3 is 20.3 Å². The number of carbonyl (C=O) groups is 3. The minimum Gasteiger partial charge on any atom is -0.376 e. The second kappa shape index (κ2) is 8.44. The smallest absolute Gasteiger partial charge is 0.240 e. The molecule has 2 rings (SSSR count). The lowest BCUT2D eigenvalue weighted by molar-refractivity contribution is -0.123. The minimum absolute atomic E-state index is 0.0582. The van der Waals surface area contributed by atoms with Crippen molar-refractivity contribution in [3.63, 3.8) is 0 Å². The highest BCUT2D eigenvalue weighted by Crippen LogP contribution is 2.19. The lowest BCUT2D eigenvalue weighted by atomic mass is 10.2. The standard InChI is InChI=1S/C17H23N3O4/c1-12(21)19-14-5-3-6-15(9-14)20(13(2)22)11-17(23)18-10-16-7-4-8-24-16/h3,5-6,9,16H,4,7-8,10-11H2,1-2H3,(H,18,23)(H,19,21). The van der Waals surface area contributed by atoms with E-state index in [1.54, 1.807) is 24.3 Å². The third kappa shape index (κ3) is 5.34. The molecular formula is C17H23N3O4. The van der Waals surface area contributed by atoms with E-state index in [0.29, 0.717) is 17.9 Å². The number of carbonyl (C=O) groups excluding carboxylic acids is 3. The van der Waals surface area contributed by atoms with Gasteiger partial charge in [-0.15, -0.1) is 0 Å². The van der Waals surface area contributed by atoms with Crippen molar-refractivity contribution in [2.75, 3.05) is 29.9 Å². The molecule has 1 aliphatic heterocycles. The number of ether oxygens (including phenoxy) is 1. The molecule has 24 heavy (non-hydrogen) atoms. The van der Waals surface area contributed by atoms with Gasteiger partial charge in [-0.05, 0) is 31.0 Å². The van der Waals surface area contributed by atoms with E-state index in [4.69, 9.17) is 4.74 Å². The van der Waals surface area contributed by atoms with E-state index in [2.05, 4.69) is 10.6 Å². The van der Waals surface area contributed by atoms with Crippen molar-refractivity contribution < 1.29 is 19.1 Å². The Morgan fingerprint density at radius 3 is 2.71 bits per heavy atom. The van der Waals surface area contributed by atoms with Gasteiger partial charge >= 0.3 is 0 Å². The Kier molecular flexibility index (Phi) is 6.31. The molecule has 0 bridgehead atoms. The summed E-state index contributed by atoms with van der Waals surface area (Å²) in [6.45, 7) is 3.92. The van der Waals surface area contributed by atoms with Gasteiger partial charge in [-0.1, -0.05) is 6.07 Å². The van der Waals surface area contributed by atoms with Gasteiger partial charge in [-0.3, -0.25) is 14.4 Å². The molecule has 1 atom stereocenters. The third-order valence-electron chi connectivity index (χ3n) is 3.71. The average Bonchev–Trinajstić information content (AvgIpc) is 3.03. The summed E-state index contributed by atoms with van der Waals surface area (Å²) < 4.78 is 5.46. The maximum atomic E-state index is 12.1. The maximum Gasteiger partial charge on any atom is 0.240 e. The van der Waals surface area contributed by atoms with E-state index < -0.39 is 0 Å². The molecule has 1 aliphatic rings. The normalized spacial score (nSPS) is 16.5. The molecule has 0 radical (unpaired) electrons. The van der Waals surface area contributed by atoms with Gasteiger partial charge in [0.25, 0.3) is 0 Å². The number of hydrogen-bond acceptors (Lipinski definition) is 4. The van der Waals surface area contributed by atoms with Crippen molar-refractivity contribution in [2.45, 2.75) is 32.8 Å². The van der Waals surface area contributed by atoms with Gasteiger partial charge in [0.2, 0.25) is 17.7 Å². The first-order valence-corrected chi connectivity index (χ1v) is 8.00. The molecule has 130 valence electrons. The van der Waals surface area contributed by atoms with Crippen LogP contribution in [0.15, 0.2) is 24.3 Å². The Morgan fingerprint density at radius 2 is 2.08 bits per heavy atom. The van der Waals surface area contributed by atoms with Crippen LogP contribution in [-0.4, -0.2) is 43.5 Å². The molecule has 7 nitrogen and oxygen atoms in total. The first-order chi connectivity index (χ1) is 11.5. The third-order valence-corrected chi connectivity index (χ3v) is 3.71. The van der Waals surface area contributed by atoms with Gasteiger partial charge in [0.15, 0.2) is 0 Å². The van der Waals surface area contributed by atoms with Crippen LogP contribution in [-0.2, 0) is 19.1 Å². The zero-order valence-corrected chi connectivity index (χ0v) is 14.0. The molecule has 0 saturated carbocycles. The molecule has 0 aliphatic carbocycles. The van der Waals surface area contributed by atoms with Crippen LogP contribution in [0, 0.1) is 0 Å². The van der Waals surface area contributed by atoms with Gasteiger partial charge in [-0.25, -0.2) is 0 Å². The first kappa shape index (κ1) is 17.9. The van der Waals surface area contributed by atoms with Crippen LogP contribution in [0.5, 0.6) is 0 Å².